The number of nitrogens with zero attached hydrogens (tertiary/aromatic N) is 4. The van der Waals surface area contributed by atoms with Crippen molar-refractivity contribution in [2.24, 2.45) is 5.92 Å². The lowest BCUT2D eigenvalue weighted by molar-refractivity contribution is -0.140. The number of rotatable bonds is 17. The summed E-state index contributed by atoms with van der Waals surface area (Å²) in [6.45, 7) is 10.8. The van der Waals surface area contributed by atoms with E-state index in [0.717, 1.165) is 96.1 Å². The normalized spacial score (nSPS) is 18.2. The largest absolute Gasteiger partial charge is 0.491 e. The van der Waals surface area contributed by atoms with Crippen LogP contribution in [0.2, 0.25) is 0 Å². The number of carbonyl (C=O) groups is 4. The van der Waals surface area contributed by atoms with Gasteiger partial charge in [-0.05, 0) is 95.2 Å². The molecule has 0 spiro atoms. The van der Waals surface area contributed by atoms with Crippen LogP contribution in [0.5, 0.6) is 5.75 Å². The molecule has 2 aliphatic heterocycles. The first kappa shape index (κ1) is 48.7. The summed E-state index contributed by atoms with van der Waals surface area (Å²) in [5.74, 6) is 0.317. The van der Waals surface area contributed by atoms with Crippen LogP contribution in [-0.4, -0.2) is 121 Å². The molecule has 4 aromatic rings. The van der Waals surface area contributed by atoms with Crippen LogP contribution in [0.3, 0.4) is 0 Å². The van der Waals surface area contributed by atoms with E-state index < -0.39 is 23.8 Å². The van der Waals surface area contributed by atoms with Crippen molar-refractivity contribution in [3.8, 4) is 17.0 Å². The summed E-state index contributed by atoms with van der Waals surface area (Å²) < 4.78 is 29.2. The molecular weight excluding hydrogens is 859 g/mol. The van der Waals surface area contributed by atoms with Crippen LogP contribution >= 0.6 is 11.3 Å². The number of thiazole rings is 1. The number of likely N-dealkylation sites (N-methyl/N-ethyl adjacent to an activating group) is 1. The number of amides is 4. The predicted octanol–water partition coefficient (Wildman–Crippen LogP) is 9.16. The van der Waals surface area contributed by atoms with Gasteiger partial charge in [0, 0.05) is 43.0 Å². The van der Waals surface area contributed by atoms with Crippen LogP contribution in [0, 0.1) is 5.92 Å². The second kappa shape index (κ2) is 23.0. The van der Waals surface area contributed by atoms with Crippen LogP contribution in [0.1, 0.15) is 102 Å². The van der Waals surface area contributed by atoms with Crippen molar-refractivity contribution in [2.75, 3.05) is 53.1 Å². The van der Waals surface area contributed by atoms with Crippen LogP contribution in [0.4, 0.5) is 9.59 Å². The van der Waals surface area contributed by atoms with Crippen molar-refractivity contribution in [1.29, 1.82) is 0 Å². The monoisotopic (exact) mass is 925 g/mol. The summed E-state index contributed by atoms with van der Waals surface area (Å²) >= 11 is 1.56. The molecule has 3 aliphatic rings. The number of aromatic nitrogens is 1. The van der Waals surface area contributed by atoms with E-state index >= 15 is 0 Å². The molecule has 0 unspecified atom stereocenters. The fourth-order valence-electron chi connectivity index (χ4n) is 9.04. The number of hydrogen-bond donors (Lipinski definition) is 1. The summed E-state index contributed by atoms with van der Waals surface area (Å²) in [6, 6.07) is 20.1. The molecule has 3 fully saturated rings. The number of ether oxygens (including phenoxy) is 5. The van der Waals surface area contributed by atoms with E-state index in [1.165, 1.54) is 4.90 Å². The van der Waals surface area contributed by atoms with Gasteiger partial charge in [-0.3, -0.25) is 14.5 Å². The molecule has 66 heavy (non-hydrogen) atoms. The third-order valence-electron chi connectivity index (χ3n) is 12.8. The number of carbonyl (C=O) groups excluding carboxylic acids is 4. The summed E-state index contributed by atoms with van der Waals surface area (Å²) in [6.07, 6.45) is 7.21. The maximum absolute atomic E-state index is 14.6. The van der Waals surface area contributed by atoms with Crippen molar-refractivity contribution < 1.29 is 42.9 Å². The highest BCUT2D eigenvalue weighted by atomic mass is 32.1. The highest BCUT2D eigenvalue weighted by Crippen LogP contribution is 2.40. The van der Waals surface area contributed by atoms with E-state index in [4.69, 9.17) is 28.7 Å². The quantitative estimate of drug-likeness (QED) is 0.102. The highest BCUT2D eigenvalue weighted by Gasteiger charge is 2.41. The lowest BCUT2D eigenvalue weighted by Crippen LogP contribution is -2.56. The van der Waals surface area contributed by atoms with Crippen molar-refractivity contribution in [3.63, 3.8) is 0 Å². The molecule has 2 saturated heterocycles. The third-order valence-corrected chi connectivity index (χ3v) is 13.7. The minimum absolute atomic E-state index is 0.0148. The van der Waals surface area contributed by atoms with E-state index in [1.807, 2.05) is 65.6 Å². The van der Waals surface area contributed by atoms with Gasteiger partial charge in [-0.1, -0.05) is 73.9 Å². The van der Waals surface area contributed by atoms with Gasteiger partial charge in [-0.15, -0.1) is 11.3 Å². The average Bonchev–Trinajstić information content (AvgIpc) is 4.03. The Morgan fingerprint density at radius 3 is 2.29 bits per heavy atom. The van der Waals surface area contributed by atoms with Gasteiger partial charge in [0.25, 0.3) is 0 Å². The predicted molar refractivity (Wildman–Crippen MR) is 254 cm³/mol. The number of hydrogen-bond acceptors (Lipinski definition) is 11. The molecule has 0 bridgehead atoms. The second-order valence-electron chi connectivity index (χ2n) is 18.6. The zero-order valence-corrected chi connectivity index (χ0v) is 40.0. The molecule has 356 valence electrons. The molecule has 1 aliphatic carbocycles. The second-order valence-corrected chi connectivity index (χ2v) is 19.5. The lowest BCUT2D eigenvalue weighted by Gasteiger charge is -2.36. The Hall–Kier alpha value is -5.25. The van der Waals surface area contributed by atoms with E-state index in [-0.39, 0.29) is 42.6 Å². The molecular formula is C51H67N5O9S. The van der Waals surface area contributed by atoms with Crippen LogP contribution in [0.25, 0.3) is 22.0 Å². The maximum atomic E-state index is 14.6. The highest BCUT2D eigenvalue weighted by molar-refractivity contribution is 7.10. The van der Waals surface area contributed by atoms with Gasteiger partial charge in [-0.25, -0.2) is 14.6 Å². The summed E-state index contributed by atoms with van der Waals surface area (Å²) in [5.41, 5.74) is 2.09. The van der Waals surface area contributed by atoms with Crippen LogP contribution < -0.4 is 10.1 Å². The fourth-order valence-corrected chi connectivity index (χ4v) is 10.0. The van der Waals surface area contributed by atoms with Crippen molar-refractivity contribution in [3.05, 3.63) is 82.7 Å². The topological polar surface area (TPSA) is 149 Å². The molecule has 1 aromatic heterocycles. The average molecular weight is 926 g/mol. The molecule has 3 heterocycles. The Morgan fingerprint density at radius 1 is 0.833 bits per heavy atom. The minimum Gasteiger partial charge on any atom is -0.491 e. The Labute approximate surface area is 393 Å². The Kier molecular flexibility index (Phi) is 16.9. The van der Waals surface area contributed by atoms with Crippen molar-refractivity contribution in [2.45, 2.75) is 122 Å². The Balaban J connectivity index is 0.901. The molecule has 1 N–H and O–H groups in total. The molecule has 14 nitrogen and oxygen atoms in total. The molecule has 15 heteroatoms. The van der Waals surface area contributed by atoms with Gasteiger partial charge < -0.3 is 38.8 Å². The zero-order valence-electron chi connectivity index (χ0n) is 39.2. The minimum atomic E-state index is -0.826. The van der Waals surface area contributed by atoms with Crippen molar-refractivity contribution >= 4 is 46.1 Å². The van der Waals surface area contributed by atoms with Gasteiger partial charge in [0.1, 0.15) is 41.7 Å². The number of likely N-dealkylation sites (tertiary alicyclic amines) is 2. The first-order valence-electron chi connectivity index (χ1n) is 23.7. The first-order chi connectivity index (χ1) is 31.9. The van der Waals surface area contributed by atoms with Gasteiger partial charge in [0.05, 0.1) is 37.7 Å². The zero-order chi connectivity index (χ0) is 46.6. The first-order valence-corrected chi connectivity index (χ1v) is 24.6. The SMILES string of the molecule is C[C@@H](C(=O)N[C@H](C(=O)N1CCC[C@H]1c1nc(-c2ccc(OCCOCCOC3CCN(C(=O)OCc4ccccc4)CC3)c3ccccc23)cs1)C1CCCCC1)N(C)C(=O)OC(C)(C)C. The molecule has 1 saturated carbocycles. The molecule has 3 atom stereocenters. The Bertz CT molecular complexity index is 2230. The molecule has 3 aromatic carbocycles. The van der Waals surface area contributed by atoms with Gasteiger partial charge in [0.2, 0.25) is 11.8 Å². The van der Waals surface area contributed by atoms with Crippen molar-refractivity contribution in [1.82, 2.24) is 25.0 Å². The number of piperidine rings is 1. The van der Waals surface area contributed by atoms with E-state index in [2.05, 4.69) is 16.8 Å². The van der Waals surface area contributed by atoms with Gasteiger partial charge in [0.15, 0.2) is 0 Å². The van der Waals surface area contributed by atoms with E-state index in [0.29, 0.717) is 46.1 Å². The Morgan fingerprint density at radius 2 is 1.55 bits per heavy atom. The molecule has 0 radical (unpaired) electrons. The number of benzene rings is 3. The summed E-state index contributed by atoms with van der Waals surface area (Å²) in [5, 5.41) is 8.03. The van der Waals surface area contributed by atoms with E-state index in [9.17, 15) is 19.2 Å². The maximum Gasteiger partial charge on any atom is 0.410 e. The molecule has 7 rings (SSSR count). The van der Waals surface area contributed by atoms with Crippen LogP contribution in [-0.2, 0) is 35.1 Å². The van der Waals surface area contributed by atoms with Gasteiger partial charge >= 0.3 is 12.2 Å². The van der Waals surface area contributed by atoms with Crippen LogP contribution in [0.15, 0.2) is 72.1 Å². The van der Waals surface area contributed by atoms with E-state index in [1.54, 1.807) is 51.0 Å². The number of nitrogens with one attached hydrogen (secondary N) is 1. The van der Waals surface area contributed by atoms with Gasteiger partial charge in [-0.2, -0.15) is 0 Å². The fraction of sp³-hybridized carbons (Fsp3) is 0.549. The number of fused-ring (bicyclic) bond motifs is 1. The summed E-state index contributed by atoms with van der Waals surface area (Å²) in [4.78, 5) is 63.8. The standard InChI is InChI=1S/C51H67N5O9S/c1-35(54(5)49(59)65-51(2,3)4)46(57)53-45(37-17-10-7-11-18-37)48(58)56-26-14-21-43(56)47-52-42(34-66-47)40-22-23-44(41-20-13-12-19-39(40)41)63-32-30-61-29-31-62-38-24-27-55(28-25-38)50(60)64-33-36-15-8-6-9-16-36/h6,8-9,12-13,15-16,19-20,22-23,34-35,37-38,43,45H,7,10-11,14,17-18,21,24-33H2,1-5H3,(H,53,57)/t35-,43-,45-/m0/s1. The third kappa shape index (κ3) is 12.8. The molecule has 4 amide bonds. The lowest BCUT2D eigenvalue weighted by atomic mass is 9.83. The summed E-state index contributed by atoms with van der Waals surface area (Å²) in [7, 11) is 1.55. The smallest absolute Gasteiger partial charge is 0.410 e.